The maximum absolute atomic E-state index is 13.8. The van der Waals surface area contributed by atoms with E-state index in [0.717, 1.165) is 98.0 Å². The molecule has 0 radical (unpaired) electrons. The molecule has 2 aromatic rings. The molecule has 0 N–H and O–H groups in total. The number of piperidine rings is 2. The largest absolute Gasteiger partial charge is 0.444 e. The van der Waals surface area contributed by atoms with E-state index in [1.165, 1.54) is 114 Å². The molecule has 98 heavy (non-hydrogen) atoms. The summed E-state index contributed by atoms with van der Waals surface area (Å²) in [6.07, 6.45) is 26.6. The smallest absolute Gasteiger partial charge is 0.412 e. The zero-order chi connectivity index (χ0) is 70.3. The van der Waals surface area contributed by atoms with Gasteiger partial charge in [-0.05, 0) is 294 Å². The number of carbonyl (C=O) groups is 2. The summed E-state index contributed by atoms with van der Waals surface area (Å²) in [6.45, 7) is 40.6. The van der Waals surface area contributed by atoms with Crippen LogP contribution in [-0.2, 0) is 41.0 Å². The van der Waals surface area contributed by atoms with Crippen LogP contribution in [0.1, 0.15) is 235 Å². The maximum atomic E-state index is 13.8. The Bertz CT molecular complexity index is 3070. The van der Waals surface area contributed by atoms with Gasteiger partial charge in [-0.3, -0.25) is 30.0 Å². The number of nitro benzene ring substituents is 2. The number of carbonyl (C=O) groups excluding carboxylic acids is 2. The standard InChI is InChI=1S/2C40H62N2O6Si/c2*1-26-35-34(47-40(26)19-9-10-22-41(40)36(43)46-25-27-11-14-29(15-12-27)42(44)45)24-33-31-16-13-28-23-30(48-49(7,8)37(2,3)4)17-20-38(28,5)32(31)18-21-39(33,35)6/h2*11-12,14-15,26,28,30-35H,9-10,13,16-25H2,1-8H3/t2*26-,28+,30+,31+,32-,33-,34-,35-,38-,39-,40-/m00/s1. The maximum Gasteiger partial charge on any atom is 0.412 e. The van der Waals surface area contributed by atoms with E-state index in [-0.39, 0.29) is 81.7 Å². The number of ether oxygens (including phenoxy) is 4. The third kappa shape index (κ3) is 12.2. The summed E-state index contributed by atoms with van der Waals surface area (Å²) in [5.41, 5.74) is 1.61. The molecule has 8 saturated carbocycles. The van der Waals surface area contributed by atoms with Crippen molar-refractivity contribution in [1.29, 1.82) is 0 Å². The Morgan fingerprint density at radius 2 is 0.857 bits per heavy atom. The van der Waals surface area contributed by atoms with Gasteiger partial charge in [0.25, 0.3) is 11.4 Å². The number of nitrogens with zero attached hydrogens (tertiary/aromatic N) is 4. The molecule has 16 nitrogen and oxygen atoms in total. The van der Waals surface area contributed by atoms with E-state index in [2.05, 4.69) is 109 Å². The molecule has 0 bridgehead atoms. The van der Waals surface area contributed by atoms with Gasteiger partial charge in [0.05, 0.1) is 22.1 Å². The van der Waals surface area contributed by atoms with Gasteiger partial charge >= 0.3 is 12.2 Å². The van der Waals surface area contributed by atoms with E-state index >= 15 is 0 Å². The van der Waals surface area contributed by atoms with E-state index in [1.807, 2.05) is 9.80 Å². The number of hydrogen-bond acceptors (Lipinski definition) is 12. The first-order valence-corrected chi connectivity index (χ1v) is 44.9. The molecular weight excluding hydrogens is 1270 g/mol. The van der Waals surface area contributed by atoms with Crippen molar-refractivity contribution >= 4 is 40.2 Å². The first kappa shape index (κ1) is 72.4. The number of likely N-dealkylation sites (tertiary alicyclic amines) is 2. The van der Waals surface area contributed by atoms with Crippen LogP contribution in [0.3, 0.4) is 0 Å². The van der Waals surface area contributed by atoms with Crippen LogP contribution in [0.15, 0.2) is 48.5 Å². The Hall–Kier alpha value is -3.95. The fourth-order valence-electron chi connectivity index (χ4n) is 24.7. The molecule has 22 atom stereocenters. The number of amides is 2. The normalized spacial score (nSPS) is 41.8. The van der Waals surface area contributed by atoms with Crippen molar-refractivity contribution < 1.29 is 47.2 Å². The van der Waals surface area contributed by atoms with Crippen molar-refractivity contribution in [2.24, 2.45) is 92.7 Å². The second-order valence-corrected chi connectivity index (χ2v) is 47.7. The zero-order valence-electron chi connectivity index (χ0n) is 62.9. The zero-order valence-corrected chi connectivity index (χ0v) is 64.9. The highest BCUT2D eigenvalue weighted by atomic mass is 28.4. The highest BCUT2D eigenvalue weighted by Crippen LogP contribution is 2.74. The van der Waals surface area contributed by atoms with E-state index in [9.17, 15) is 29.8 Å². The second-order valence-electron chi connectivity index (χ2n) is 38.2. The SMILES string of the molecule is C[C@H]1[C@H]2[C@H](C[C@H]3[C@@H]4CC[C@@H]5C[C@H](O[Si](C)(C)C(C)(C)C)CC[C@]5(C)[C@H]4CC[C@]23C)O[C@@]12CCCCN2C(=O)OCc1ccc([N+](=O)[O-])cc1.C[C@H]1[C@H]2[C@H](C[C@H]3[C@@H]4CC[C@@H]5C[C@H](O[Si](C)(C)C(C)(C)C)CC[C@]5(C)[C@H]4CC[C@]23C)O[C@@]12CCCCN2C(=O)OCc1ccc([N+](=O)[O-])cc1. The lowest BCUT2D eigenvalue weighted by Crippen LogP contribution is -2.60. The van der Waals surface area contributed by atoms with Crippen molar-refractivity contribution in [2.75, 3.05) is 13.1 Å². The Morgan fingerprint density at radius 3 is 1.20 bits per heavy atom. The average Bonchev–Trinajstić information content (AvgIpc) is 1.51. The molecule has 8 aliphatic carbocycles. The minimum Gasteiger partial charge on any atom is -0.444 e. The molecule has 2 aromatic carbocycles. The Balaban J connectivity index is 0.000000176. The molecule has 2 amide bonds. The van der Waals surface area contributed by atoms with Crippen molar-refractivity contribution in [3.8, 4) is 0 Å². The van der Waals surface area contributed by atoms with Crippen LogP contribution in [0.2, 0.25) is 36.3 Å². The third-order valence-electron chi connectivity index (χ3n) is 31.9. The Kier molecular flexibility index (Phi) is 19.2. The molecule has 18 heteroatoms. The predicted octanol–water partition coefficient (Wildman–Crippen LogP) is 20.2. The third-order valence-corrected chi connectivity index (χ3v) is 40.9. The highest BCUT2D eigenvalue weighted by Gasteiger charge is 2.73. The molecule has 4 saturated heterocycles. The van der Waals surface area contributed by atoms with Gasteiger partial charge in [0.15, 0.2) is 16.6 Å². The van der Waals surface area contributed by atoms with Crippen LogP contribution in [0.5, 0.6) is 0 Å². The lowest BCUT2D eigenvalue weighted by molar-refractivity contribution is -0.385. The van der Waals surface area contributed by atoms with Crippen molar-refractivity contribution in [3.63, 3.8) is 0 Å². The van der Waals surface area contributed by atoms with Gasteiger partial charge in [0.1, 0.15) is 24.7 Å². The van der Waals surface area contributed by atoms with Gasteiger partial charge in [0, 0.05) is 61.4 Å². The number of benzene rings is 2. The summed E-state index contributed by atoms with van der Waals surface area (Å²) in [5.74, 6) is 7.41. The summed E-state index contributed by atoms with van der Waals surface area (Å²) < 4.78 is 40.3. The summed E-state index contributed by atoms with van der Waals surface area (Å²) in [5, 5.41) is 22.6. The summed E-state index contributed by atoms with van der Waals surface area (Å²) >= 11 is 0. The minimum absolute atomic E-state index is 0.0341. The van der Waals surface area contributed by atoms with Crippen molar-refractivity contribution in [1.82, 2.24) is 9.80 Å². The molecule has 14 rings (SSSR count). The molecule has 4 aliphatic heterocycles. The van der Waals surface area contributed by atoms with E-state index in [4.69, 9.17) is 27.8 Å². The Morgan fingerprint density at radius 1 is 0.500 bits per heavy atom. The van der Waals surface area contributed by atoms with Crippen molar-refractivity contribution in [2.45, 2.75) is 310 Å². The fourth-order valence-corrected chi connectivity index (χ4v) is 27.5. The first-order valence-electron chi connectivity index (χ1n) is 39.1. The average molecular weight is 1390 g/mol. The Labute approximate surface area is 589 Å². The van der Waals surface area contributed by atoms with Crippen LogP contribution in [0.25, 0.3) is 0 Å². The predicted molar refractivity (Wildman–Crippen MR) is 387 cm³/mol. The van der Waals surface area contributed by atoms with Gasteiger partial charge in [-0.15, -0.1) is 0 Å². The first-order chi connectivity index (χ1) is 46.0. The topological polar surface area (TPSA) is 182 Å². The number of rotatable bonds is 10. The van der Waals surface area contributed by atoms with Crippen molar-refractivity contribution in [3.05, 3.63) is 79.9 Å². The molecule has 12 aliphatic rings. The van der Waals surface area contributed by atoms with Crippen LogP contribution < -0.4 is 0 Å². The van der Waals surface area contributed by atoms with Crippen LogP contribution in [-0.4, -0.2) is 97.4 Å². The van der Waals surface area contributed by atoms with Gasteiger partial charge in [-0.25, -0.2) is 9.59 Å². The van der Waals surface area contributed by atoms with Gasteiger partial charge in [0.2, 0.25) is 0 Å². The van der Waals surface area contributed by atoms with Crippen LogP contribution >= 0.6 is 0 Å². The molecule has 4 heterocycles. The molecule has 12 fully saturated rings. The fraction of sp³-hybridized carbons (Fsp3) is 0.825. The van der Waals surface area contributed by atoms with E-state index in [1.54, 1.807) is 24.3 Å². The van der Waals surface area contributed by atoms with Crippen LogP contribution in [0.4, 0.5) is 21.0 Å². The lowest BCUT2D eigenvalue weighted by atomic mass is 9.44. The summed E-state index contributed by atoms with van der Waals surface area (Å²) in [7, 11) is -3.55. The van der Waals surface area contributed by atoms with E-state index in [0.29, 0.717) is 59.8 Å². The summed E-state index contributed by atoms with van der Waals surface area (Å²) in [6, 6.07) is 12.5. The van der Waals surface area contributed by atoms with Crippen LogP contribution in [0, 0.1) is 113 Å². The highest BCUT2D eigenvalue weighted by molar-refractivity contribution is 6.74. The monoisotopic (exact) mass is 1390 g/mol. The van der Waals surface area contributed by atoms with Gasteiger partial charge in [-0.2, -0.15) is 0 Å². The van der Waals surface area contributed by atoms with E-state index < -0.39 is 37.9 Å². The molecular formula is C80H124N4O12Si2. The molecule has 544 valence electrons. The molecule has 0 unspecified atom stereocenters. The van der Waals surface area contributed by atoms with Gasteiger partial charge in [-0.1, -0.05) is 83.1 Å². The lowest BCUT2D eigenvalue weighted by Gasteiger charge is -2.62. The molecule has 2 spiro atoms. The number of nitro groups is 2. The minimum atomic E-state index is -1.78. The number of fused-ring (bicyclic) bond motifs is 14. The van der Waals surface area contributed by atoms with Gasteiger partial charge < -0.3 is 27.8 Å². The second kappa shape index (κ2) is 26.0. The summed E-state index contributed by atoms with van der Waals surface area (Å²) in [4.78, 5) is 52.6. The quantitative estimate of drug-likeness (QED) is 0.125. The number of hydrogen-bond donors (Lipinski definition) is 0. The molecule has 0 aromatic heterocycles. The number of non-ortho nitro benzene ring substituents is 2.